The second-order valence-corrected chi connectivity index (χ2v) is 4.03. The molecule has 0 bridgehead atoms. The molecular formula is C11H12FNO2. The van der Waals surface area contributed by atoms with Gasteiger partial charge in [-0.15, -0.1) is 0 Å². The van der Waals surface area contributed by atoms with Crippen LogP contribution in [-0.2, 0) is 4.79 Å². The van der Waals surface area contributed by atoms with E-state index >= 15 is 0 Å². The van der Waals surface area contributed by atoms with Crippen molar-refractivity contribution in [3.8, 4) is 0 Å². The Labute approximate surface area is 86.9 Å². The molecule has 2 rings (SSSR count). The van der Waals surface area contributed by atoms with Crippen LogP contribution in [0, 0.1) is 12.7 Å². The fourth-order valence-corrected chi connectivity index (χ4v) is 1.60. The number of hydrogen-bond donors (Lipinski definition) is 2. The van der Waals surface area contributed by atoms with E-state index in [2.05, 4.69) is 5.32 Å². The third-order valence-electron chi connectivity index (χ3n) is 2.59. The number of aliphatic carboxylic acids is 1. The number of hydrogen-bond acceptors (Lipinski definition) is 2. The number of benzene rings is 1. The van der Waals surface area contributed by atoms with Gasteiger partial charge in [-0.1, -0.05) is 0 Å². The first-order chi connectivity index (χ1) is 7.02. The molecule has 0 heterocycles. The molecule has 3 nitrogen and oxygen atoms in total. The topological polar surface area (TPSA) is 49.3 Å². The fourth-order valence-electron chi connectivity index (χ4n) is 1.60. The maximum Gasteiger partial charge on any atom is 0.329 e. The number of anilines is 1. The van der Waals surface area contributed by atoms with Crippen LogP contribution in [0.4, 0.5) is 10.1 Å². The van der Waals surface area contributed by atoms with Gasteiger partial charge in [0.05, 0.1) is 0 Å². The summed E-state index contributed by atoms with van der Waals surface area (Å²) < 4.78 is 13.0. The van der Waals surface area contributed by atoms with Gasteiger partial charge in [-0.3, -0.25) is 0 Å². The Bertz CT molecular complexity index is 393. The smallest absolute Gasteiger partial charge is 0.329 e. The van der Waals surface area contributed by atoms with Crippen LogP contribution in [0.2, 0.25) is 0 Å². The van der Waals surface area contributed by atoms with Crippen molar-refractivity contribution in [3.63, 3.8) is 0 Å². The summed E-state index contributed by atoms with van der Waals surface area (Å²) in [5.74, 6) is -1.22. The van der Waals surface area contributed by atoms with Crippen molar-refractivity contribution in [2.45, 2.75) is 25.3 Å². The molecule has 1 aromatic rings. The van der Waals surface area contributed by atoms with Crippen LogP contribution in [0.3, 0.4) is 0 Å². The molecule has 15 heavy (non-hydrogen) atoms. The van der Waals surface area contributed by atoms with Crippen molar-refractivity contribution in [2.24, 2.45) is 0 Å². The van der Waals surface area contributed by atoms with Crippen molar-refractivity contribution in [1.29, 1.82) is 0 Å². The molecule has 1 aliphatic rings. The molecular weight excluding hydrogens is 197 g/mol. The van der Waals surface area contributed by atoms with Crippen molar-refractivity contribution in [2.75, 3.05) is 5.32 Å². The van der Waals surface area contributed by atoms with Gasteiger partial charge in [0.15, 0.2) is 0 Å². The second-order valence-electron chi connectivity index (χ2n) is 4.03. The molecule has 80 valence electrons. The minimum absolute atomic E-state index is 0.348. The molecule has 0 aliphatic heterocycles. The molecule has 0 atom stereocenters. The highest BCUT2D eigenvalue weighted by Crippen LogP contribution is 2.39. The van der Waals surface area contributed by atoms with Gasteiger partial charge in [-0.05, 0) is 43.5 Å². The summed E-state index contributed by atoms with van der Waals surface area (Å²) in [6.07, 6.45) is 1.19. The maximum atomic E-state index is 13.0. The van der Waals surface area contributed by atoms with E-state index < -0.39 is 11.5 Å². The van der Waals surface area contributed by atoms with Crippen LogP contribution in [0.5, 0.6) is 0 Å². The number of carboxylic acids is 1. The predicted molar refractivity (Wildman–Crippen MR) is 54.4 cm³/mol. The SMILES string of the molecule is Cc1cc(F)cc(NC2(C(=O)O)CC2)c1. The average molecular weight is 209 g/mol. The molecule has 0 aromatic heterocycles. The molecule has 4 heteroatoms. The van der Waals surface area contributed by atoms with Gasteiger partial charge in [0.2, 0.25) is 0 Å². The van der Waals surface area contributed by atoms with E-state index in [9.17, 15) is 9.18 Å². The van der Waals surface area contributed by atoms with Gasteiger partial charge in [0.1, 0.15) is 11.4 Å². The van der Waals surface area contributed by atoms with E-state index in [1.807, 2.05) is 0 Å². The Morgan fingerprint density at radius 1 is 1.47 bits per heavy atom. The molecule has 1 aromatic carbocycles. The summed E-state index contributed by atoms with van der Waals surface area (Å²) in [6.45, 7) is 1.77. The van der Waals surface area contributed by atoms with E-state index in [-0.39, 0.29) is 5.82 Å². The molecule has 0 saturated heterocycles. The standard InChI is InChI=1S/C11H12FNO2/c1-7-4-8(12)6-9(5-7)13-11(2-3-11)10(14)15/h4-6,13H,2-3H2,1H3,(H,14,15). The fraction of sp³-hybridized carbons (Fsp3) is 0.364. The highest BCUT2D eigenvalue weighted by molar-refractivity contribution is 5.86. The van der Waals surface area contributed by atoms with Gasteiger partial charge < -0.3 is 10.4 Å². The predicted octanol–water partition coefficient (Wildman–Crippen LogP) is 2.16. The molecule has 1 aliphatic carbocycles. The number of nitrogens with one attached hydrogen (secondary N) is 1. The molecule has 0 radical (unpaired) electrons. The Kier molecular flexibility index (Phi) is 2.14. The van der Waals surface area contributed by atoms with Crippen molar-refractivity contribution in [1.82, 2.24) is 0 Å². The van der Waals surface area contributed by atoms with E-state index in [0.717, 1.165) is 5.56 Å². The lowest BCUT2D eigenvalue weighted by atomic mass is 10.2. The van der Waals surface area contributed by atoms with E-state index in [4.69, 9.17) is 5.11 Å². The van der Waals surface area contributed by atoms with Crippen LogP contribution in [0.25, 0.3) is 0 Å². The zero-order valence-electron chi connectivity index (χ0n) is 8.38. The lowest BCUT2D eigenvalue weighted by Gasteiger charge is -2.14. The molecule has 1 fully saturated rings. The van der Waals surface area contributed by atoms with Crippen LogP contribution in [0.15, 0.2) is 18.2 Å². The van der Waals surface area contributed by atoms with Crippen molar-refractivity contribution >= 4 is 11.7 Å². The molecule has 0 spiro atoms. The van der Waals surface area contributed by atoms with Crippen LogP contribution in [-0.4, -0.2) is 16.6 Å². The summed E-state index contributed by atoms with van der Waals surface area (Å²) in [5, 5.41) is 11.8. The number of carboxylic acid groups (broad SMARTS) is 1. The summed E-state index contributed by atoms with van der Waals surface area (Å²) >= 11 is 0. The van der Waals surface area contributed by atoms with Gasteiger partial charge in [-0.2, -0.15) is 0 Å². The first-order valence-electron chi connectivity index (χ1n) is 4.81. The molecule has 0 unspecified atom stereocenters. The Morgan fingerprint density at radius 3 is 2.60 bits per heavy atom. The number of carbonyl (C=O) groups is 1. The van der Waals surface area contributed by atoms with Crippen LogP contribution < -0.4 is 5.32 Å². The van der Waals surface area contributed by atoms with E-state index in [1.54, 1.807) is 13.0 Å². The summed E-state index contributed by atoms with van der Waals surface area (Å²) in [4.78, 5) is 10.9. The normalized spacial score (nSPS) is 17.2. The number of rotatable bonds is 3. The molecule has 2 N–H and O–H groups in total. The van der Waals surface area contributed by atoms with Crippen molar-refractivity contribution in [3.05, 3.63) is 29.6 Å². The summed E-state index contributed by atoms with van der Waals surface area (Å²) in [6, 6.07) is 4.47. The quantitative estimate of drug-likeness (QED) is 0.802. The summed E-state index contributed by atoms with van der Waals surface area (Å²) in [7, 11) is 0. The highest BCUT2D eigenvalue weighted by Gasteiger charge is 2.50. The van der Waals surface area contributed by atoms with Crippen LogP contribution >= 0.6 is 0 Å². The highest BCUT2D eigenvalue weighted by atomic mass is 19.1. The minimum Gasteiger partial charge on any atom is -0.480 e. The first-order valence-corrected chi connectivity index (χ1v) is 4.81. The first kappa shape index (κ1) is 9.96. The zero-order chi connectivity index (χ0) is 11.1. The molecule has 1 saturated carbocycles. The van der Waals surface area contributed by atoms with Gasteiger partial charge in [0, 0.05) is 5.69 Å². The Morgan fingerprint density at radius 2 is 2.13 bits per heavy atom. The van der Waals surface area contributed by atoms with Crippen LogP contribution in [0.1, 0.15) is 18.4 Å². The third kappa shape index (κ3) is 1.93. The van der Waals surface area contributed by atoms with Gasteiger partial charge in [0.25, 0.3) is 0 Å². The van der Waals surface area contributed by atoms with Gasteiger partial charge in [-0.25, -0.2) is 9.18 Å². The number of halogens is 1. The average Bonchev–Trinajstić information content (AvgIpc) is 2.83. The Balaban J connectivity index is 2.21. The maximum absolute atomic E-state index is 13.0. The van der Waals surface area contributed by atoms with E-state index in [0.29, 0.717) is 18.5 Å². The van der Waals surface area contributed by atoms with Crippen molar-refractivity contribution < 1.29 is 14.3 Å². The minimum atomic E-state index is -0.871. The summed E-state index contributed by atoms with van der Waals surface area (Å²) in [5.41, 5.74) is 0.450. The van der Waals surface area contributed by atoms with Gasteiger partial charge >= 0.3 is 5.97 Å². The third-order valence-corrected chi connectivity index (χ3v) is 2.59. The second kappa shape index (κ2) is 3.22. The monoisotopic (exact) mass is 209 g/mol. The lowest BCUT2D eigenvalue weighted by Crippen LogP contribution is -2.31. The zero-order valence-corrected chi connectivity index (χ0v) is 8.38. The largest absolute Gasteiger partial charge is 0.480 e. The Hall–Kier alpha value is -1.58. The lowest BCUT2D eigenvalue weighted by molar-refractivity contribution is -0.138. The molecule has 0 amide bonds. The number of aryl methyl sites for hydroxylation is 1. The van der Waals surface area contributed by atoms with E-state index in [1.165, 1.54) is 12.1 Å².